The summed E-state index contributed by atoms with van der Waals surface area (Å²) in [5, 5.41) is 11.2. The van der Waals surface area contributed by atoms with Gasteiger partial charge in [0.25, 0.3) is 5.91 Å². The van der Waals surface area contributed by atoms with Gasteiger partial charge in [-0.1, -0.05) is 32.0 Å². The number of nitrogen functional groups attached to an aromatic ring is 1. The minimum Gasteiger partial charge on any atom is -0.399 e. The van der Waals surface area contributed by atoms with Gasteiger partial charge in [0, 0.05) is 49.3 Å². The second kappa shape index (κ2) is 13.2. The van der Waals surface area contributed by atoms with Crippen LogP contribution in [0.5, 0.6) is 0 Å². The Morgan fingerprint density at radius 2 is 1.69 bits per heavy atom. The first-order valence-corrected chi connectivity index (χ1v) is 16.6. The molecule has 0 unspecified atom stereocenters. The second-order valence-electron chi connectivity index (χ2n) is 11.4. The number of carbonyl (C=O) groups excluding carboxylic acids is 1. The summed E-state index contributed by atoms with van der Waals surface area (Å²) in [6, 6.07) is 12.4. The second-order valence-corrected chi connectivity index (χ2v) is 13.3. The summed E-state index contributed by atoms with van der Waals surface area (Å²) in [6.45, 7) is 4.95. The lowest BCUT2D eigenvalue weighted by molar-refractivity contribution is 0.102. The Morgan fingerprint density at radius 3 is 2.33 bits per heavy atom. The Bertz CT molecular complexity index is 1790. The van der Waals surface area contributed by atoms with Crippen molar-refractivity contribution in [1.82, 2.24) is 24.1 Å². The molecule has 4 N–H and O–H groups in total. The van der Waals surface area contributed by atoms with Gasteiger partial charge in [0.15, 0.2) is 5.69 Å². The van der Waals surface area contributed by atoms with Gasteiger partial charge in [0.05, 0.1) is 16.3 Å². The van der Waals surface area contributed by atoms with E-state index in [4.69, 9.17) is 10.7 Å². The van der Waals surface area contributed by atoms with E-state index in [-0.39, 0.29) is 29.3 Å². The maximum absolute atomic E-state index is 13.6. The first-order chi connectivity index (χ1) is 21.2. The number of rotatable bonds is 8. The summed E-state index contributed by atoms with van der Waals surface area (Å²) in [7, 11) is -1.74. The smallest absolute Gasteiger partial charge is 0.276 e. The van der Waals surface area contributed by atoms with Crippen LogP contribution in [0, 0.1) is 0 Å². The van der Waals surface area contributed by atoms with Gasteiger partial charge in [-0.2, -0.15) is 9.40 Å². The number of halogens is 1. The van der Waals surface area contributed by atoms with Crippen molar-refractivity contribution in [2.45, 2.75) is 63.3 Å². The van der Waals surface area contributed by atoms with Crippen molar-refractivity contribution in [2.24, 2.45) is 7.05 Å². The molecule has 2 aromatic heterocycles. The topological polar surface area (TPSA) is 148 Å². The first-order valence-electron chi connectivity index (χ1n) is 15.2. The van der Waals surface area contributed by atoms with E-state index in [0.717, 1.165) is 52.2 Å². The first kappa shape index (κ1) is 32.4. The number of aryl methyl sites for hydroxylation is 4. The Hall–Kier alpha value is -4.00. The van der Waals surface area contributed by atoms with Gasteiger partial charge >= 0.3 is 0 Å². The number of nitrogens with two attached hydrogens (primary N) is 1. The van der Waals surface area contributed by atoms with E-state index in [2.05, 4.69) is 34.6 Å². The Morgan fingerprint density at radius 1 is 1.02 bits per heavy atom. The van der Waals surface area contributed by atoms with E-state index in [1.54, 1.807) is 28.9 Å². The molecule has 3 heterocycles. The van der Waals surface area contributed by atoms with Crippen LogP contribution in [0.4, 0.5) is 17.3 Å². The fraction of sp³-hybridized carbons (Fsp3) is 0.375. The molecule has 2 aromatic carbocycles. The molecule has 2 aliphatic rings. The predicted molar refractivity (Wildman–Crippen MR) is 178 cm³/mol. The van der Waals surface area contributed by atoms with Crippen LogP contribution < -0.4 is 16.4 Å². The fourth-order valence-electron chi connectivity index (χ4n) is 6.20. The van der Waals surface area contributed by atoms with Gasteiger partial charge < -0.3 is 16.4 Å². The number of amides is 1. The fourth-order valence-corrected chi connectivity index (χ4v) is 7.66. The van der Waals surface area contributed by atoms with Gasteiger partial charge in [-0.15, -0.1) is 12.4 Å². The lowest BCUT2D eigenvalue weighted by Crippen LogP contribution is -2.42. The molecule has 0 spiro atoms. The quantitative estimate of drug-likeness (QED) is 0.234. The van der Waals surface area contributed by atoms with Gasteiger partial charge in [-0.3, -0.25) is 9.48 Å². The summed E-state index contributed by atoms with van der Waals surface area (Å²) in [6.07, 6.45) is 6.10. The van der Waals surface area contributed by atoms with E-state index in [0.29, 0.717) is 56.1 Å². The van der Waals surface area contributed by atoms with E-state index < -0.39 is 10.0 Å². The molecular weight excluding hydrogens is 612 g/mol. The molecule has 11 nitrogen and oxygen atoms in total. The van der Waals surface area contributed by atoms with Crippen molar-refractivity contribution in [3.05, 3.63) is 76.6 Å². The SMILES string of the molecule is CCc1cccc(CC)c1NC(=O)c1nn(C)c2c1CCc1cnc(NC3CCN(S(=O)(=O)c4ccc(N)cc4)CC3)nc1-2.Cl. The molecule has 6 rings (SSSR count). The summed E-state index contributed by atoms with van der Waals surface area (Å²) < 4.78 is 29.4. The highest BCUT2D eigenvalue weighted by molar-refractivity contribution is 7.89. The zero-order chi connectivity index (χ0) is 31.0. The normalized spacial score (nSPS) is 15.1. The summed E-state index contributed by atoms with van der Waals surface area (Å²) in [5.41, 5.74) is 13.2. The lowest BCUT2D eigenvalue weighted by Gasteiger charge is -2.31. The number of fused-ring (bicyclic) bond motifs is 3. The van der Waals surface area contributed by atoms with Crippen LogP contribution in [0.3, 0.4) is 0 Å². The monoisotopic (exact) mass is 650 g/mol. The number of anilines is 3. The molecule has 1 aliphatic heterocycles. The van der Waals surface area contributed by atoms with E-state index >= 15 is 0 Å². The molecule has 1 saturated heterocycles. The molecule has 0 radical (unpaired) electrons. The summed E-state index contributed by atoms with van der Waals surface area (Å²) >= 11 is 0. The third-order valence-electron chi connectivity index (χ3n) is 8.64. The number of nitrogens with one attached hydrogen (secondary N) is 2. The van der Waals surface area contributed by atoms with Gasteiger partial charge in [0.1, 0.15) is 0 Å². The van der Waals surface area contributed by atoms with Crippen LogP contribution in [-0.2, 0) is 42.8 Å². The average Bonchev–Trinajstić information content (AvgIpc) is 3.38. The Labute approximate surface area is 270 Å². The highest BCUT2D eigenvalue weighted by Gasteiger charge is 2.32. The van der Waals surface area contributed by atoms with E-state index in [9.17, 15) is 13.2 Å². The zero-order valence-electron chi connectivity index (χ0n) is 25.7. The minimum atomic E-state index is -3.58. The molecule has 0 bridgehead atoms. The maximum Gasteiger partial charge on any atom is 0.276 e. The number of nitrogens with zero attached hydrogens (tertiary/aromatic N) is 5. The number of hydrogen-bond acceptors (Lipinski definition) is 8. The van der Waals surface area contributed by atoms with Crippen LogP contribution in [0.1, 0.15) is 59.4 Å². The summed E-state index contributed by atoms with van der Waals surface area (Å²) in [4.78, 5) is 23.3. The van der Waals surface area contributed by atoms with Crippen LogP contribution in [0.25, 0.3) is 11.4 Å². The molecule has 1 amide bonds. The van der Waals surface area contributed by atoms with Crippen molar-refractivity contribution in [2.75, 3.05) is 29.5 Å². The number of piperidine rings is 1. The van der Waals surface area contributed by atoms with Gasteiger partial charge in [-0.05, 0) is 79.5 Å². The Kier molecular flexibility index (Phi) is 9.47. The number of carbonyl (C=O) groups is 1. The summed E-state index contributed by atoms with van der Waals surface area (Å²) in [5.74, 6) is 0.266. The zero-order valence-corrected chi connectivity index (χ0v) is 27.3. The van der Waals surface area contributed by atoms with Crippen LogP contribution in [0.2, 0.25) is 0 Å². The number of sulfonamides is 1. The molecule has 13 heteroatoms. The van der Waals surface area contributed by atoms with E-state index in [1.807, 2.05) is 31.4 Å². The van der Waals surface area contributed by atoms with E-state index in [1.165, 1.54) is 4.31 Å². The standard InChI is InChI=1S/C32H38N8O3S.ClH/c1-4-20-7-6-8-21(5-2)27(20)36-31(41)29-26-14-9-22-19-34-32(37-28(22)30(26)39(3)38-29)35-24-15-17-40(18-16-24)44(42,43)25-12-10-23(33)11-13-25;/h6-8,10-13,19,24H,4-5,9,14-18,33H2,1-3H3,(H,36,41)(H,34,35,37);1H. The van der Waals surface area contributed by atoms with Crippen molar-refractivity contribution >= 4 is 45.7 Å². The van der Waals surface area contributed by atoms with Crippen LogP contribution >= 0.6 is 12.4 Å². The Balaban J connectivity index is 0.00000400. The van der Waals surface area contributed by atoms with Crippen molar-refractivity contribution < 1.29 is 13.2 Å². The maximum atomic E-state index is 13.6. The average molecular weight is 651 g/mol. The number of aromatic nitrogens is 4. The van der Waals surface area contributed by atoms with Gasteiger partial charge in [0.2, 0.25) is 16.0 Å². The molecule has 45 heavy (non-hydrogen) atoms. The number of benzene rings is 2. The van der Waals surface area contributed by atoms with Crippen molar-refractivity contribution in [3.8, 4) is 11.4 Å². The van der Waals surface area contributed by atoms with Gasteiger partial charge in [-0.25, -0.2) is 18.4 Å². The van der Waals surface area contributed by atoms with Crippen molar-refractivity contribution in [3.63, 3.8) is 0 Å². The molecule has 4 aromatic rings. The number of hydrogen-bond donors (Lipinski definition) is 3. The van der Waals surface area contributed by atoms with Crippen molar-refractivity contribution in [1.29, 1.82) is 0 Å². The third kappa shape index (κ3) is 6.27. The highest BCUT2D eigenvalue weighted by atomic mass is 35.5. The highest BCUT2D eigenvalue weighted by Crippen LogP contribution is 2.35. The molecule has 238 valence electrons. The molecule has 0 saturated carbocycles. The molecule has 1 aliphatic carbocycles. The molecule has 1 fully saturated rings. The third-order valence-corrected chi connectivity index (χ3v) is 10.5. The van der Waals surface area contributed by atoms with Crippen LogP contribution in [0.15, 0.2) is 53.6 Å². The van der Waals surface area contributed by atoms with Crippen LogP contribution in [-0.4, -0.2) is 57.5 Å². The minimum absolute atomic E-state index is 0. The molecular formula is C32H39ClN8O3S. The molecule has 0 atom stereocenters. The largest absolute Gasteiger partial charge is 0.399 e. The number of para-hydroxylation sites is 1. The predicted octanol–water partition coefficient (Wildman–Crippen LogP) is 4.62. The lowest BCUT2D eigenvalue weighted by atomic mass is 9.93.